The molecular weight excluding hydrogens is 317 g/mol. The molecule has 2 rings (SSSR count). The van der Waals surface area contributed by atoms with Gasteiger partial charge in [-0.15, -0.1) is 11.3 Å². The number of halogens is 1. The third-order valence-electron chi connectivity index (χ3n) is 2.12. The van der Waals surface area contributed by atoms with E-state index >= 15 is 0 Å². The highest BCUT2D eigenvalue weighted by Crippen LogP contribution is 2.09. The molecule has 0 bridgehead atoms. The van der Waals surface area contributed by atoms with E-state index in [1.54, 1.807) is 11.3 Å². The van der Waals surface area contributed by atoms with E-state index < -0.39 is 0 Å². The first-order chi connectivity index (χ1) is 7.34. The minimum atomic E-state index is 0.939. The predicted octanol–water partition coefficient (Wildman–Crippen LogP) is 3.64. The van der Waals surface area contributed by atoms with Crippen LogP contribution in [0.15, 0.2) is 41.8 Å². The minimum absolute atomic E-state index is 0.939. The van der Waals surface area contributed by atoms with Crippen LogP contribution in [-0.2, 0) is 13.1 Å². The molecule has 1 heterocycles. The second-order valence-electron chi connectivity index (χ2n) is 3.31. The minimum Gasteiger partial charge on any atom is -0.308 e. The Morgan fingerprint density at radius 2 is 1.87 bits per heavy atom. The van der Waals surface area contributed by atoms with Gasteiger partial charge in [0.25, 0.3) is 0 Å². The van der Waals surface area contributed by atoms with Crippen molar-refractivity contribution in [2.45, 2.75) is 13.1 Å². The van der Waals surface area contributed by atoms with Gasteiger partial charge in [0.1, 0.15) is 0 Å². The largest absolute Gasteiger partial charge is 0.308 e. The summed E-state index contributed by atoms with van der Waals surface area (Å²) in [5.41, 5.74) is 1.34. The Kier molecular flexibility index (Phi) is 4.17. The zero-order valence-electron chi connectivity index (χ0n) is 8.24. The number of thiophene rings is 1. The van der Waals surface area contributed by atoms with Crippen molar-refractivity contribution in [2.24, 2.45) is 0 Å². The van der Waals surface area contributed by atoms with Gasteiger partial charge in [0.15, 0.2) is 0 Å². The molecule has 3 heteroatoms. The Labute approximate surface area is 108 Å². The fourth-order valence-electron chi connectivity index (χ4n) is 1.35. The van der Waals surface area contributed by atoms with Crippen molar-refractivity contribution in [1.82, 2.24) is 5.32 Å². The third-order valence-corrected chi connectivity index (χ3v) is 3.72. The molecule has 0 amide bonds. The Balaban J connectivity index is 1.81. The van der Waals surface area contributed by atoms with Crippen LogP contribution in [-0.4, -0.2) is 0 Å². The molecule has 78 valence electrons. The summed E-state index contributed by atoms with van der Waals surface area (Å²) in [5, 5.41) is 5.54. The SMILES string of the molecule is Ic1ccc(CNCc2cccs2)cc1. The second kappa shape index (κ2) is 5.63. The van der Waals surface area contributed by atoms with Crippen LogP contribution in [0.2, 0.25) is 0 Å². The fraction of sp³-hybridized carbons (Fsp3) is 0.167. The van der Waals surface area contributed by atoms with Crippen LogP contribution in [0.3, 0.4) is 0 Å². The molecule has 1 aromatic carbocycles. The monoisotopic (exact) mass is 329 g/mol. The Morgan fingerprint density at radius 3 is 2.53 bits per heavy atom. The summed E-state index contributed by atoms with van der Waals surface area (Å²) < 4.78 is 1.29. The van der Waals surface area contributed by atoms with Crippen molar-refractivity contribution in [1.29, 1.82) is 0 Å². The summed E-state index contributed by atoms with van der Waals surface area (Å²) >= 11 is 4.12. The maximum Gasteiger partial charge on any atom is 0.0302 e. The van der Waals surface area contributed by atoms with Gasteiger partial charge in [-0.2, -0.15) is 0 Å². The van der Waals surface area contributed by atoms with E-state index in [4.69, 9.17) is 0 Å². The van der Waals surface area contributed by atoms with Gasteiger partial charge in [-0.05, 0) is 51.7 Å². The highest BCUT2D eigenvalue weighted by molar-refractivity contribution is 14.1. The number of hydrogen-bond acceptors (Lipinski definition) is 2. The van der Waals surface area contributed by atoms with Crippen LogP contribution in [0, 0.1) is 3.57 Å². The lowest BCUT2D eigenvalue weighted by molar-refractivity contribution is 0.701. The summed E-state index contributed by atoms with van der Waals surface area (Å²) in [5.74, 6) is 0. The highest BCUT2D eigenvalue weighted by Gasteiger charge is 1.94. The van der Waals surface area contributed by atoms with Crippen LogP contribution in [0.1, 0.15) is 10.4 Å². The summed E-state index contributed by atoms with van der Waals surface area (Å²) in [7, 11) is 0. The first kappa shape index (κ1) is 11.1. The summed E-state index contributed by atoms with van der Waals surface area (Å²) in [6.45, 7) is 1.90. The number of benzene rings is 1. The average Bonchev–Trinajstić information content (AvgIpc) is 2.74. The molecule has 2 aromatic rings. The zero-order valence-corrected chi connectivity index (χ0v) is 11.2. The molecule has 0 spiro atoms. The fourth-order valence-corrected chi connectivity index (χ4v) is 2.38. The van der Waals surface area contributed by atoms with E-state index in [2.05, 4.69) is 69.7 Å². The lowest BCUT2D eigenvalue weighted by atomic mass is 10.2. The van der Waals surface area contributed by atoms with E-state index in [1.807, 2.05) is 0 Å². The van der Waals surface area contributed by atoms with E-state index in [9.17, 15) is 0 Å². The molecule has 0 unspecified atom stereocenters. The van der Waals surface area contributed by atoms with Crippen molar-refractivity contribution < 1.29 is 0 Å². The van der Waals surface area contributed by atoms with Crippen molar-refractivity contribution >= 4 is 33.9 Å². The van der Waals surface area contributed by atoms with E-state index in [0.717, 1.165) is 13.1 Å². The average molecular weight is 329 g/mol. The molecule has 1 N–H and O–H groups in total. The third kappa shape index (κ3) is 3.59. The molecule has 0 radical (unpaired) electrons. The van der Waals surface area contributed by atoms with Crippen LogP contribution in [0.25, 0.3) is 0 Å². The number of rotatable bonds is 4. The van der Waals surface area contributed by atoms with Crippen molar-refractivity contribution in [3.8, 4) is 0 Å². The van der Waals surface area contributed by atoms with Crippen LogP contribution in [0.5, 0.6) is 0 Å². The molecule has 0 aliphatic heterocycles. The van der Waals surface area contributed by atoms with Gasteiger partial charge in [0, 0.05) is 21.5 Å². The van der Waals surface area contributed by atoms with Gasteiger partial charge in [0.2, 0.25) is 0 Å². The Morgan fingerprint density at radius 1 is 1.07 bits per heavy atom. The highest BCUT2D eigenvalue weighted by atomic mass is 127. The lowest BCUT2D eigenvalue weighted by Gasteiger charge is -2.03. The number of nitrogens with one attached hydrogen (secondary N) is 1. The van der Waals surface area contributed by atoms with Gasteiger partial charge in [-0.1, -0.05) is 18.2 Å². The smallest absolute Gasteiger partial charge is 0.0302 e. The first-order valence-electron chi connectivity index (χ1n) is 4.82. The molecule has 0 fully saturated rings. The molecule has 0 atom stereocenters. The molecule has 1 aromatic heterocycles. The predicted molar refractivity (Wildman–Crippen MR) is 74.0 cm³/mol. The maximum absolute atomic E-state index is 3.43. The van der Waals surface area contributed by atoms with Gasteiger partial charge < -0.3 is 5.32 Å². The van der Waals surface area contributed by atoms with Gasteiger partial charge in [-0.25, -0.2) is 0 Å². The van der Waals surface area contributed by atoms with Gasteiger partial charge in [-0.3, -0.25) is 0 Å². The molecule has 0 aliphatic carbocycles. The van der Waals surface area contributed by atoms with E-state index in [-0.39, 0.29) is 0 Å². The summed E-state index contributed by atoms with van der Waals surface area (Å²) in [6.07, 6.45) is 0. The van der Waals surface area contributed by atoms with Crippen molar-refractivity contribution in [3.63, 3.8) is 0 Å². The molecular formula is C12H12INS. The van der Waals surface area contributed by atoms with Crippen LogP contribution >= 0.6 is 33.9 Å². The zero-order chi connectivity index (χ0) is 10.5. The van der Waals surface area contributed by atoms with Gasteiger partial charge >= 0.3 is 0 Å². The Hall–Kier alpha value is -0.390. The lowest BCUT2D eigenvalue weighted by Crippen LogP contribution is -2.11. The van der Waals surface area contributed by atoms with E-state index in [1.165, 1.54) is 14.0 Å². The van der Waals surface area contributed by atoms with E-state index in [0.29, 0.717) is 0 Å². The standard InChI is InChI=1S/C12H12INS/c13-11-5-3-10(4-6-11)8-14-9-12-2-1-7-15-12/h1-7,14H,8-9H2. The molecule has 0 saturated heterocycles. The van der Waals surface area contributed by atoms with Crippen molar-refractivity contribution in [2.75, 3.05) is 0 Å². The van der Waals surface area contributed by atoms with Crippen LogP contribution < -0.4 is 5.32 Å². The van der Waals surface area contributed by atoms with Gasteiger partial charge in [0.05, 0.1) is 0 Å². The topological polar surface area (TPSA) is 12.0 Å². The van der Waals surface area contributed by atoms with Crippen molar-refractivity contribution in [3.05, 3.63) is 55.8 Å². The molecule has 0 saturated carbocycles. The molecule has 0 aliphatic rings. The first-order valence-corrected chi connectivity index (χ1v) is 6.78. The molecule has 15 heavy (non-hydrogen) atoms. The normalized spacial score (nSPS) is 10.5. The second-order valence-corrected chi connectivity index (χ2v) is 5.59. The molecule has 1 nitrogen and oxygen atoms in total. The Bertz CT molecular complexity index is 394. The maximum atomic E-state index is 3.43. The summed E-state index contributed by atoms with van der Waals surface area (Å²) in [6, 6.07) is 12.9. The quantitative estimate of drug-likeness (QED) is 0.845. The van der Waals surface area contributed by atoms with Crippen LogP contribution in [0.4, 0.5) is 0 Å². The summed E-state index contributed by atoms with van der Waals surface area (Å²) in [4.78, 5) is 1.39. The number of hydrogen-bond donors (Lipinski definition) is 1.